The number of rotatable bonds is 3. The number of carbonyl (C=O) groups excluding carboxylic acids is 1. The second-order valence-electron chi connectivity index (χ2n) is 6.97. The zero-order chi connectivity index (χ0) is 19.4. The Morgan fingerprint density at radius 2 is 1.93 bits per heavy atom. The number of ether oxygens (including phenoxy) is 1. The summed E-state index contributed by atoms with van der Waals surface area (Å²) >= 11 is 0. The standard InChI is InChI=1S/C16H21N5O.C2H5NO2/c17-13-8-14(22)21(11-6-7-11)15-12(13)9-18-16(20-15)19-10-4-2-1-3-5-10;1-5-2(3)4/h8-11H,1-7,17H2,(H,18,19,20);1H3,(H2,3,4). The third-order valence-electron chi connectivity index (χ3n) is 4.88. The van der Waals surface area contributed by atoms with Crippen LogP contribution in [0.4, 0.5) is 16.4 Å². The highest BCUT2D eigenvalue weighted by atomic mass is 16.5. The Bertz CT molecular complexity index is 871. The summed E-state index contributed by atoms with van der Waals surface area (Å²) in [6.45, 7) is 0. The molecular formula is C18H26N6O3. The maximum atomic E-state index is 12.2. The molecule has 0 aliphatic heterocycles. The predicted molar refractivity (Wildman–Crippen MR) is 104 cm³/mol. The highest BCUT2D eigenvalue weighted by molar-refractivity contribution is 5.87. The number of carbonyl (C=O) groups is 1. The van der Waals surface area contributed by atoms with Gasteiger partial charge in [0.05, 0.1) is 12.5 Å². The fourth-order valence-corrected chi connectivity index (χ4v) is 3.33. The van der Waals surface area contributed by atoms with Crippen molar-refractivity contribution in [2.45, 2.75) is 57.0 Å². The number of primary amides is 1. The summed E-state index contributed by atoms with van der Waals surface area (Å²) in [6, 6.07) is 2.19. The first-order chi connectivity index (χ1) is 13.0. The third kappa shape index (κ3) is 4.66. The molecule has 2 fully saturated rings. The Balaban J connectivity index is 0.000000376. The van der Waals surface area contributed by atoms with E-state index in [9.17, 15) is 9.59 Å². The lowest BCUT2D eigenvalue weighted by atomic mass is 9.96. The smallest absolute Gasteiger partial charge is 0.404 e. The SMILES string of the molecule is COC(N)=O.Nc1cc(=O)n(C2CC2)c2nc(NC3CCCCC3)ncc12. The molecule has 2 aromatic heterocycles. The minimum absolute atomic E-state index is 0.0604. The highest BCUT2D eigenvalue weighted by Gasteiger charge is 2.27. The van der Waals surface area contributed by atoms with Crippen molar-refractivity contribution >= 4 is 28.8 Å². The van der Waals surface area contributed by atoms with Crippen molar-refractivity contribution in [3.63, 3.8) is 0 Å². The molecule has 0 radical (unpaired) electrons. The molecule has 0 aromatic carbocycles. The first-order valence-corrected chi connectivity index (χ1v) is 9.27. The molecule has 2 aliphatic rings. The lowest BCUT2D eigenvalue weighted by Gasteiger charge is -2.23. The largest absolute Gasteiger partial charge is 0.453 e. The predicted octanol–water partition coefficient (Wildman–Crippen LogP) is 2.16. The molecule has 1 amide bonds. The molecule has 27 heavy (non-hydrogen) atoms. The van der Waals surface area contributed by atoms with Crippen molar-refractivity contribution in [3.8, 4) is 0 Å². The molecule has 0 spiro atoms. The third-order valence-corrected chi connectivity index (χ3v) is 4.88. The number of nitrogens with zero attached hydrogens (tertiary/aromatic N) is 3. The number of methoxy groups -OCH3 is 1. The van der Waals surface area contributed by atoms with Gasteiger partial charge in [0.25, 0.3) is 5.56 Å². The summed E-state index contributed by atoms with van der Waals surface area (Å²) in [5, 5.41) is 4.18. The number of anilines is 2. The summed E-state index contributed by atoms with van der Waals surface area (Å²) in [5.41, 5.74) is 11.5. The van der Waals surface area contributed by atoms with E-state index in [0.29, 0.717) is 23.3 Å². The first kappa shape index (κ1) is 18.9. The summed E-state index contributed by atoms with van der Waals surface area (Å²) in [7, 11) is 1.22. The normalized spacial score (nSPS) is 17.1. The van der Waals surface area contributed by atoms with Crippen molar-refractivity contribution in [2.75, 3.05) is 18.2 Å². The molecule has 0 bridgehead atoms. The van der Waals surface area contributed by atoms with Crippen LogP contribution in [0.2, 0.25) is 0 Å². The maximum Gasteiger partial charge on any atom is 0.404 e. The van der Waals surface area contributed by atoms with E-state index >= 15 is 0 Å². The summed E-state index contributed by atoms with van der Waals surface area (Å²) in [4.78, 5) is 30.6. The molecule has 9 heteroatoms. The minimum atomic E-state index is -0.745. The number of aromatic nitrogens is 3. The van der Waals surface area contributed by atoms with Gasteiger partial charge in [-0.15, -0.1) is 0 Å². The average Bonchev–Trinajstić information content (AvgIpc) is 3.48. The van der Waals surface area contributed by atoms with E-state index in [-0.39, 0.29) is 11.6 Å². The van der Waals surface area contributed by atoms with E-state index in [1.807, 2.05) is 0 Å². The van der Waals surface area contributed by atoms with Gasteiger partial charge >= 0.3 is 6.09 Å². The lowest BCUT2D eigenvalue weighted by Crippen LogP contribution is -2.25. The molecule has 9 nitrogen and oxygen atoms in total. The molecule has 5 N–H and O–H groups in total. The number of nitrogens with one attached hydrogen (secondary N) is 1. The Kier molecular flexibility index (Phi) is 5.78. The number of hydrogen-bond acceptors (Lipinski definition) is 7. The number of nitrogens with two attached hydrogens (primary N) is 2. The molecule has 2 aliphatic carbocycles. The second kappa shape index (κ2) is 8.24. The summed E-state index contributed by atoms with van der Waals surface area (Å²) in [6.07, 6.45) is 9.21. The van der Waals surface area contributed by atoms with Gasteiger partial charge in [0.2, 0.25) is 5.95 Å². The second-order valence-corrected chi connectivity index (χ2v) is 6.97. The highest BCUT2D eigenvalue weighted by Crippen LogP contribution is 2.36. The quantitative estimate of drug-likeness (QED) is 0.748. The van der Waals surface area contributed by atoms with E-state index in [1.54, 1.807) is 10.8 Å². The van der Waals surface area contributed by atoms with E-state index in [2.05, 4.69) is 25.8 Å². The zero-order valence-electron chi connectivity index (χ0n) is 15.5. The maximum absolute atomic E-state index is 12.2. The van der Waals surface area contributed by atoms with Gasteiger partial charge in [0, 0.05) is 30.0 Å². The van der Waals surface area contributed by atoms with Crippen LogP contribution in [0.15, 0.2) is 17.1 Å². The Labute approximate surface area is 157 Å². The van der Waals surface area contributed by atoms with Gasteiger partial charge in [-0.05, 0) is 25.7 Å². The molecule has 146 valence electrons. The van der Waals surface area contributed by atoms with E-state index < -0.39 is 6.09 Å². The molecule has 2 heterocycles. The molecule has 0 unspecified atom stereocenters. The van der Waals surface area contributed by atoms with Crippen LogP contribution in [0, 0.1) is 0 Å². The minimum Gasteiger partial charge on any atom is -0.453 e. The Hall–Kier alpha value is -2.84. The van der Waals surface area contributed by atoms with E-state index in [0.717, 1.165) is 31.1 Å². The van der Waals surface area contributed by atoms with Crippen LogP contribution in [0.25, 0.3) is 11.0 Å². The Morgan fingerprint density at radius 1 is 1.26 bits per heavy atom. The van der Waals surface area contributed by atoms with Crippen molar-refractivity contribution in [1.82, 2.24) is 14.5 Å². The van der Waals surface area contributed by atoms with Crippen LogP contribution in [0.1, 0.15) is 51.0 Å². The lowest BCUT2D eigenvalue weighted by molar-refractivity contribution is 0.182. The first-order valence-electron chi connectivity index (χ1n) is 9.27. The number of hydrogen-bond donors (Lipinski definition) is 3. The van der Waals surface area contributed by atoms with Gasteiger partial charge in [-0.1, -0.05) is 19.3 Å². The van der Waals surface area contributed by atoms with Crippen LogP contribution in [0.5, 0.6) is 0 Å². The molecule has 0 atom stereocenters. The van der Waals surface area contributed by atoms with Crippen molar-refractivity contribution in [3.05, 3.63) is 22.6 Å². The molecule has 0 saturated heterocycles. The van der Waals surface area contributed by atoms with Gasteiger partial charge in [-0.25, -0.2) is 9.78 Å². The van der Waals surface area contributed by atoms with Crippen molar-refractivity contribution < 1.29 is 9.53 Å². The molecular weight excluding hydrogens is 348 g/mol. The van der Waals surface area contributed by atoms with Crippen molar-refractivity contribution in [2.24, 2.45) is 5.73 Å². The monoisotopic (exact) mass is 374 g/mol. The van der Waals surface area contributed by atoms with Crippen LogP contribution in [0.3, 0.4) is 0 Å². The topological polar surface area (TPSA) is 138 Å². The molecule has 4 rings (SSSR count). The fraction of sp³-hybridized carbons (Fsp3) is 0.556. The van der Waals surface area contributed by atoms with Gasteiger partial charge in [0.1, 0.15) is 0 Å². The van der Waals surface area contributed by atoms with Gasteiger partial charge in [-0.2, -0.15) is 4.98 Å². The van der Waals surface area contributed by atoms with Crippen molar-refractivity contribution in [1.29, 1.82) is 0 Å². The van der Waals surface area contributed by atoms with Crippen LogP contribution < -0.4 is 22.3 Å². The summed E-state index contributed by atoms with van der Waals surface area (Å²) in [5.74, 6) is 0.610. The fourth-order valence-electron chi connectivity index (χ4n) is 3.33. The van der Waals surface area contributed by atoms with Gasteiger partial charge < -0.3 is 21.5 Å². The zero-order valence-corrected chi connectivity index (χ0v) is 15.5. The Morgan fingerprint density at radius 3 is 2.52 bits per heavy atom. The van der Waals surface area contributed by atoms with E-state index in [1.165, 1.54) is 32.4 Å². The number of pyridine rings is 1. The van der Waals surface area contributed by atoms with Crippen LogP contribution in [-0.4, -0.2) is 33.8 Å². The molecule has 2 aromatic rings. The number of fused-ring (bicyclic) bond motifs is 1. The van der Waals surface area contributed by atoms with E-state index in [4.69, 9.17) is 5.73 Å². The number of amides is 1. The van der Waals surface area contributed by atoms with Gasteiger partial charge in [0.15, 0.2) is 5.65 Å². The van der Waals surface area contributed by atoms with Crippen LogP contribution in [-0.2, 0) is 4.74 Å². The molecule has 2 saturated carbocycles. The number of nitrogen functional groups attached to an aromatic ring is 1. The average molecular weight is 374 g/mol. The van der Waals surface area contributed by atoms with Crippen LogP contribution >= 0.6 is 0 Å². The van der Waals surface area contributed by atoms with Gasteiger partial charge in [-0.3, -0.25) is 9.36 Å². The summed E-state index contributed by atoms with van der Waals surface area (Å²) < 4.78 is 5.67.